The number of fused-ring (bicyclic) bond motifs is 1. The molecule has 0 aliphatic rings. The fourth-order valence-corrected chi connectivity index (χ4v) is 2.07. The molecule has 0 fully saturated rings. The Kier molecular flexibility index (Phi) is 3.28. The molecule has 0 aliphatic carbocycles. The molecule has 0 bridgehead atoms. The van der Waals surface area contributed by atoms with E-state index in [-0.39, 0.29) is 5.91 Å². The number of para-hydroxylation sites is 1. The number of amides is 1. The summed E-state index contributed by atoms with van der Waals surface area (Å²) in [6.45, 7) is 5.86. The number of anilines is 1. The van der Waals surface area contributed by atoms with E-state index in [1.165, 1.54) is 0 Å². The lowest BCUT2D eigenvalue weighted by Crippen LogP contribution is -2.11. The van der Waals surface area contributed by atoms with E-state index in [9.17, 15) is 4.79 Å². The summed E-state index contributed by atoms with van der Waals surface area (Å²) in [5.41, 5.74) is 3.87. The number of benzene rings is 1. The molecule has 2 heterocycles. The van der Waals surface area contributed by atoms with E-state index in [0.29, 0.717) is 5.69 Å². The number of aromatic nitrogens is 2. The molecule has 2 aromatic heterocycles. The minimum absolute atomic E-state index is 0.221. The fraction of sp³-hybridized carbons (Fsp3) is 0.0588. The van der Waals surface area contributed by atoms with Crippen molar-refractivity contribution in [2.45, 2.75) is 6.92 Å². The summed E-state index contributed by atoms with van der Waals surface area (Å²) in [5, 5.41) is 2.82. The van der Waals surface area contributed by atoms with E-state index in [4.69, 9.17) is 0 Å². The third-order valence-corrected chi connectivity index (χ3v) is 3.21. The molecule has 104 valence electrons. The molecule has 4 nitrogen and oxygen atoms in total. The fourth-order valence-electron chi connectivity index (χ4n) is 2.07. The van der Waals surface area contributed by atoms with Crippen LogP contribution in [0.2, 0.25) is 0 Å². The molecule has 0 saturated carbocycles. The van der Waals surface area contributed by atoms with Gasteiger partial charge in [0.25, 0.3) is 5.91 Å². The van der Waals surface area contributed by atoms with Crippen molar-refractivity contribution in [3.8, 4) is 0 Å². The quantitative estimate of drug-likeness (QED) is 0.794. The molecular formula is C17H15N3O. The summed E-state index contributed by atoms with van der Waals surface area (Å²) in [7, 11) is 0. The Morgan fingerprint density at radius 2 is 1.90 bits per heavy atom. The largest absolute Gasteiger partial charge is 0.321 e. The normalized spacial score (nSPS) is 10.5. The highest BCUT2D eigenvalue weighted by molar-refractivity contribution is 6.03. The minimum atomic E-state index is -0.221. The minimum Gasteiger partial charge on any atom is -0.321 e. The van der Waals surface area contributed by atoms with Crippen molar-refractivity contribution in [1.82, 2.24) is 9.38 Å². The van der Waals surface area contributed by atoms with Gasteiger partial charge in [-0.15, -0.1) is 0 Å². The van der Waals surface area contributed by atoms with Crippen LogP contribution in [0.15, 0.2) is 61.4 Å². The van der Waals surface area contributed by atoms with Crippen molar-refractivity contribution in [3.63, 3.8) is 0 Å². The zero-order chi connectivity index (χ0) is 14.8. The predicted octanol–water partition coefficient (Wildman–Crippen LogP) is 3.62. The molecule has 1 aromatic carbocycles. The number of nitrogens with zero attached hydrogens (tertiary/aromatic N) is 2. The number of carbonyl (C=O) groups is 1. The van der Waals surface area contributed by atoms with Crippen LogP contribution in [-0.2, 0) is 0 Å². The average molecular weight is 277 g/mol. The van der Waals surface area contributed by atoms with Gasteiger partial charge in [0.15, 0.2) is 0 Å². The lowest BCUT2D eigenvalue weighted by atomic mass is 10.1. The van der Waals surface area contributed by atoms with Crippen LogP contribution < -0.4 is 5.32 Å². The summed E-state index contributed by atoms with van der Waals surface area (Å²) in [6, 6.07) is 13.2. The highest BCUT2D eigenvalue weighted by Gasteiger charge is 2.11. The molecule has 0 saturated heterocycles. The molecule has 0 radical (unpaired) electrons. The number of rotatable bonds is 3. The van der Waals surface area contributed by atoms with E-state index >= 15 is 0 Å². The van der Waals surface area contributed by atoms with Crippen molar-refractivity contribution in [3.05, 3.63) is 72.7 Å². The molecule has 0 atom stereocenters. The van der Waals surface area contributed by atoms with Crippen molar-refractivity contribution >= 4 is 22.8 Å². The monoisotopic (exact) mass is 277 g/mol. The second-order valence-electron chi connectivity index (χ2n) is 4.91. The van der Waals surface area contributed by atoms with Crippen molar-refractivity contribution in [2.75, 3.05) is 5.32 Å². The average Bonchev–Trinajstić information content (AvgIpc) is 2.91. The van der Waals surface area contributed by atoms with Gasteiger partial charge in [0, 0.05) is 18.1 Å². The van der Waals surface area contributed by atoms with Gasteiger partial charge >= 0.3 is 0 Å². The number of hydrogen-bond acceptors (Lipinski definition) is 2. The second kappa shape index (κ2) is 5.25. The summed E-state index contributed by atoms with van der Waals surface area (Å²) in [5.74, 6) is -0.221. The third-order valence-electron chi connectivity index (χ3n) is 3.21. The Morgan fingerprint density at radius 3 is 2.62 bits per heavy atom. The first kappa shape index (κ1) is 13.1. The standard InChI is InChI=1S/C17H15N3O/c1-12(2)13-8-9-16-19-15(11-20(16)10-13)17(21)18-14-6-4-3-5-7-14/h3-11H,1H2,2H3,(H,18,21). The zero-order valence-electron chi connectivity index (χ0n) is 11.7. The molecule has 21 heavy (non-hydrogen) atoms. The van der Waals surface area contributed by atoms with Crippen LogP contribution in [0, 0.1) is 0 Å². The van der Waals surface area contributed by atoms with Crippen LogP contribution in [0.4, 0.5) is 5.69 Å². The summed E-state index contributed by atoms with van der Waals surface area (Å²) < 4.78 is 1.84. The van der Waals surface area contributed by atoms with Crippen molar-refractivity contribution in [2.24, 2.45) is 0 Å². The van der Waals surface area contributed by atoms with Gasteiger partial charge in [-0.1, -0.05) is 24.8 Å². The molecule has 0 aliphatic heterocycles. The van der Waals surface area contributed by atoms with E-state index in [1.54, 1.807) is 6.20 Å². The highest BCUT2D eigenvalue weighted by atomic mass is 16.1. The van der Waals surface area contributed by atoms with E-state index in [1.807, 2.05) is 60.0 Å². The molecule has 1 amide bonds. The second-order valence-corrected chi connectivity index (χ2v) is 4.91. The van der Waals surface area contributed by atoms with Crippen LogP contribution in [-0.4, -0.2) is 15.3 Å². The Morgan fingerprint density at radius 1 is 1.14 bits per heavy atom. The van der Waals surface area contributed by atoms with Gasteiger partial charge in [-0.25, -0.2) is 4.98 Å². The Balaban J connectivity index is 1.90. The first-order chi connectivity index (χ1) is 10.1. The topological polar surface area (TPSA) is 46.4 Å². The van der Waals surface area contributed by atoms with Crippen LogP contribution in [0.5, 0.6) is 0 Å². The maximum absolute atomic E-state index is 12.2. The number of allylic oxidation sites excluding steroid dienone is 1. The van der Waals surface area contributed by atoms with Crippen LogP contribution in [0.3, 0.4) is 0 Å². The van der Waals surface area contributed by atoms with E-state index in [2.05, 4.69) is 16.9 Å². The predicted molar refractivity (Wildman–Crippen MR) is 84.3 cm³/mol. The number of imidazole rings is 1. The molecule has 3 rings (SSSR count). The van der Waals surface area contributed by atoms with Gasteiger partial charge in [0.1, 0.15) is 11.3 Å². The van der Waals surface area contributed by atoms with Gasteiger partial charge in [-0.05, 0) is 42.3 Å². The summed E-state index contributed by atoms with van der Waals surface area (Å²) in [6.07, 6.45) is 3.64. The Hall–Kier alpha value is -2.88. The van der Waals surface area contributed by atoms with E-state index < -0.39 is 0 Å². The lowest BCUT2D eigenvalue weighted by Gasteiger charge is -2.01. The van der Waals surface area contributed by atoms with Gasteiger partial charge in [0.2, 0.25) is 0 Å². The zero-order valence-corrected chi connectivity index (χ0v) is 11.7. The first-order valence-electron chi connectivity index (χ1n) is 6.64. The van der Waals surface area contributed by atoms with Crippen LogP contribution in [0.1, 0.15) is 23.0 Å². The lowest BCUT2D eigenvalue weighted by molar-refractivity contribution is 0.102. The molecular weight excluding hydrogens is 262 g/mol. The van der Waals surface area contributed by atoms with Gasteiger partial charge < -0.3 is 9.72 Å². The maximum Gasteiger partial charge on any atom is 0.275 e. The van der Waals surface area contributed by atoms with E-state index in [0.717, 1.165) is 22.5 Å². The molecule has 3 aromatic rings. The number of hydrogen-bond donors (Lipinski definition) is 1. The molecule has 0 spiro atoms. The SMILES string of the molecule is C=C(C)c1ccc2nc(C(=O)Nc3ccccc3)cn2c1. The number of pyridine rings is 1. The first-order valence-corrected chi connectivity index (χ1v) is 6.64. The maximum atomic E-state index is 12.2. The number of carbonyl (C=O) groups excluding carboxylic acids is 1. The third kappa shape index (κ3) is 2.69. The van der Waals surface area contributed by atoms with Crippen molar-refractivity contribution < 1.29 is 4.79 Å². The summed E-state index contributed by atoms with van der Waals surface area (Å²) >= 11 is 0. The van der Waals surface area contributed by atoms with Gasteiger partial charge in [-0.2, -0.15) is 0 Å². The van der Waals surface area contributed by atoms with Gasteiger partial charge in [0.05, 0.1) is 0 Å². The Bertz CT molecular complexity index is 818. The van der Waals surface area contributed by atoms with Gasteiger partial charge in [-0.3, -0.25) is 4.79 Å². The van der Waals surface area contributed by atoms with Crippen LogP contribution in [0.25, 0.3) is 11.2 Å². The summed E-state index contributed by atoms with van der Waals surface area (Å²) in [4.78, 5) is 16.5. The van der Waals surface area contributed by atoms with Crippen molar-refractivity contribution in [1.29, 1.82) is 0 Å². The van der Waals surface area contributed by atoms with Crippen LogP contribution >= 0.6 is 0 Å². The smallest absolute Gasteiger partial charge is 0.275 e. The number of nitrogens with one attached hydrogen (secondary N) is 1. The highest BCUT2D eigenvalue weighted by Crippen LogP contribution is 2.15. The molecule has 0 unspecified atom stereocenters. The molecule has 1 N–H and O–H groups in total. The molecule has 4 heteroatoms. The Labute approximate surface area is 122 Å².